The minimum Gasteiger partial charge on any atom is -0.493 e. The number of rotatable bonds is 4. The SMILES string of the molecule is Cc1cc(OCC2CCOC2)cc2c(=O)[nH]c(-c3cc4cccn4cn3)nc12. The van der Waals surface area contributed by atoms with E-state index in [-0.39, 0.29) is 5.56 Å². The number of hydrogen-bond donors (Lipinski definition) is 1. The van der Waals surface area contributed by atoms with Crippen LogP contribution in [0, 0.1) is 12.8 Å². The Morgan fingerprint density at radius 3 is 3.14 bits per heavy atom. The Labute approximate surface area is 161 Å². The third kappa shape index (κ3) is 3.03. The predicted octanol–water partition coefficient (Wildman–Crippen LogP) is 2.96. The molecule has 0 spiro atoms. The van der Waals surface area contributed by atoms with Crippen LogP contribution in [0.1, 0.15) is 12.0 Å². The molecule has 7 heteroatoms. The molecule has 0 amide bonds. The molecule has 4 heterocycles. The van der Waals surface area contributed by atoms with Crippen molar-refractivity contribution in [3.8, 4) is 17.3 Å². The van der Waals surface area contributed by atoms with Gasteiger partial charge in [-0.25, -0.2) is 9.97 Å². The Bertz CT molecular complexity index is 1220. The highest BCUT2D eigenvalue weighted by atomic mass is 16.5. The van der Waals surface area contributed by atoms with Crippen LogP contribution in [0.25, 0.3) is 27.9 Å². The molecule has 1 saturated heterocycles. The Hall–Kier alpha value is -3.19. The zero-order valence-corrected chi connectivity index (χ0v) is 15.5. The van der Waals surface area contributed by atoms with Crippen molar-refractivity contribution in [2.24, 2.45) is 5.92 Å². The minimum atomic E-state index is -0.199. The lowest BCUT2D eigenvalue weighted by molar-refractivity contribution is 0.167. The highest BCUT2D eigenvalue weighted by molar-refractivity contribution is 5.84. The van der Waals surface area contributed by atoms with Gasteiger partial charge in [-0.1, -0.05) is 0 Å². The summed E-state index contributed by atoms with van der Waals surface area (Å²) in [6.45, 7) is 4.06. The van der Waals surface area contributed by atoms with Gasteiger partial charge in [-0.3, -0.25) is 4.79 Å². The van der Waals surface area contributed by atoms with Crippen molar-refractivity contribution in [1.29, 1.82) is 0 Å². The first-order chi connectivity index (χ1) is 13.7. The second kappa shape index (κ2) is 6.76. The van der Waals surface area contributed by atoms with Crippen molar-refractivity contribution >= 4 is 16.4 Å². The molecule has 3 aromatic heterocycles. The largest absolute Gasteiger partial charge is 0.493 e. The van der Waals surface area contributed by atoms with E-state index in [1.165, 1.54) is 0 Å². The Morgan fingerprint density at radius 2 is 2.29 bits per heavy atom. The standard InChI is InChI=1S/C21H20N4O3/c1-13-7-16(28-11-14-4-6-27-10-14)9-17-19(13)23-20(24-21(17)26)18-8-15-3-2-5-25(15)12-22-18/h2-3,5,7-9,12,14H,4,6,10-11H2,1H3,(H,23,24,26). The zero-order chi connectivity index (χ0) is 19.1. The number of aromatic amines is 1. The number of aromatic nitrogens is 4. The lowest BCUT2D eigenvalue weighted by atomic mass is 10.1. The summed E-state index contributed by atoms with van der Waals surface area (Å²) in [5.74, 6) is 1.55. The Balaban J connectivity index is 1.52. The zero-order valence-electron chi connectivity index (χ0n) is 15.5. The maximum absolute atomic E-state index is 12.7. The first-order valence-corrected chi connectivity index (χ1v) is 9.36. The highest BCUT2D eigenvalue weighted by Gasteiger charge is 2.17. The second-order valence-corrected chi connectivity index (χ2v) is 7.21. The van der Waals surface area contributed by atoms with E-state index in [0.717, 1.165) is 30.7 Å². The third-order valence-corrected chi connectivity index (χ3v) is 5.14. The maximum Gasteiger partial charge on any atom is 0.259 e. The quantitative estimate of drug-likeness (QED) is 0.592. The second-order valence-electron chi connectivity index (χ2n) is 7.21. The summed E-state index contributed by atoms with van der Waals surface area (Å²) in [6.07, 6.45) is 4.65. The van der Waals surface area contributed by atoms with Gasteiger partial charge in [0.15, 0.2) is 5.82 Å². The number of nitrogens with one attached hydrogen (secondary N) is 1. The van der Waals surface area contributed by atoms with Crippen LogP contribution in [0.3, 0.4) is 0 Å². The monoisotopic (exact) mass is 376 g/mol. The van der Waals surface area contributed by atoms with Gasteiger partial charge in [0.25, 0.3) is 5.56 Å². The molecule has 28 heavy (non-hydrogen) atoms. The van der Waals surface area contributed by atoms with Gasteiger partial charge in [0.1, 0.15) is 11.4 Å². The smallest absolute Gasteiger partial charge is 0.259 e. The molecule has 1 aliphatic heterocycles. The van der Waals surface area contributed by atoms with Gasteiger partial charge >= 0.3 is 0 Å². The Kier molecular flexibility index (Phi) is 4.09. The molecule has 142 valence electrons. The van der Waals surface area contributed by atoms with Crippen molar-refractivity contribution < 1.29 is 9.47 Å². The van der Waals surface area contributed by atoms with E-state index < -0.39 is 0 Å². The first-order valence-electron chi connectivity index (χ1n) is 9.36. The summed E-state index contributed by atoms with van der Waals surface area (Å²) in [7, 11) is 0. The van der Waals surface area contributed by atoms with E-state index in [2.05, 4.69) is 15.0 Å². The van der Waals surface area contributed by atoms with E-state index in [0.29, 0.717) is 40.7 Å². The average molecular weight is 376 g/mol. The van der Waals surface area contributed by atoms with Crippen LogP contribution in [0.4, 0.5) is 0 Å². The highest BCUT2D eigenvalue weighted by Crippen LogP contribution is 2.24. The van der Waals surface area contributed by atoms with Gasteiger partial charge in [-0.2, -0.15) is 0 Å². The van der Waals surface area contributed by atoms with Crippen molar-refractivity contribution in [1.82, 2.24) is 19.4 Å². The number of H-pyrrole nitrogens is 1. The molecule has 0 saturated carbocycles. The van der Waals surface area contributed by atoms with Gasteiger partial charge in [0.05, 0.1) is 30.4 Å². The van der Waals surface area contributed by atoms with Crippen LogP contribution in [0.2, 0.25) is 0 Å². The summed E-state index contributed by atoms with van der Waals surface area (Å²) in [4.78, 5) is 24.7. The van der Waals surface area contributed by atoms with Crippen molar-refractivity contribution in [2.75, 3.05) is 19.8 Å². The summed E-state index contributed by atoms with van der Waals surface area (Å²) in [5.41, 5.74) is 2.98. The summed E-state index contributed by atoms with van der Waals surface area (Å²) in [5, 5.41) is 0.519. The van der Waals surface area contributed by atoms with E-state index in [4.69, 9.17) is 9.47 Å². The number of nitrogens with zero attached hydrogens (tertiary/aromatic N) is 3. The molecule has 1 aromatic carbocycles. The van der Waals surface area contributed by atoms with Crippen molar-refractivity contribution in [2.45, 2.75) is 13.3 Å². The fourth-order valence-corrected chi connectivity index (χ4v) is 3.58. The molecule has 5 rings (SSSR count). The lowest BCUT2D eigenvalue weighted by Gasteiger charge is -2.12. The fraction of sp³-hybridized carbons (Fsp3) is 0.286. The molecule has 1 fully saturated rings. The van der Waals surface area contributed by atoms with Crippen molar-refractivity contribution in [3.05, 3.63) is 58.8 Å². The fourth-order valence-electron chi connectivity index (χ4n) is 3.58. The minimum absolute atomic E-state index is 0.199. The third-order valence-electron chi connectivity index (χ3n) is 5.14. The van der Waals surface area contributed by atoms with Gasteiger partial charge in [0, 0.05) is 24.2 Å². The lowest BCUT2D eigenvalue weighted by Crippen LogP contribution is -2.13. The van der Waals surface area contributed by atoms with Crippen LogP contribution in [-0.2, 0) is 4.74 Å². The molecule has 0 radical (unpaired) electrons. The number of benzene rings is 1. The summed E-state index contributed by atoms with van der Waals surface area (Å²) < 4.78 is 13.2. The van der Waals surface area contributed by atoms with Gasteiger partial charge in [0.2, 0.25) is 0 Å². The van der Waals surface area contributed by atoms with E-state index in [9.17, 15) is 4.79 Å². The molecule has 0 bridgehead atoms. The van der Waals surface area contributed by atoms with Gasteiger partial charge in [-0.05, 0) is 49.2 Å². The molecular weight excluding hydrogens is 356 g/mol. The number of fused-ring (bicyclic) bond motifs is 2. The number of ether oxygens (including phenoxy) is 2. The normalized spacial score (nSPS) is 16.8. The molecule has 1 aliphatic rings. The summed E-state index contributed by atoms with van der Waals surface area (Å²) >= 11 is 0. The average Bonchev–Trinajstić information content (AvgIpc) is 3.38. The molecule has 1 unspecified atom stereocenters. The molecule has 4 aromatic rings. The van der Waals surface area contributed by atoms with Crippen LogP contribution in [0.15, 0.2) is 47.7 Å². The number of aryl methyl sites for hydroxylation is 1. The molecule has 1 N–H and O–H groups in total. The summed E-state index contributed by atoms with van der Waals surface area (Å²) in [6, 6.07) is 9.52. The molecular formula is C21H20N4O3. The van der Waals surface area contributed by atoms with Crippen LogP contribution in [-0.4, -0.2) is 39.2 Å². The van der Waals surface area contributed by atoms with Crippen LogP contribution < -0.4 is 10.3 Å². The van der Waals surface area contributed by atoms with Crippen LogP contribution in [0.5, 0.6) is 5.75 Å². The topological polar surface area (TPSA) is 81.5 Å². The van der Waals surface area contributed by atoms with E-state index in [1.54, 1.807) is 12.4 Å². The molecule has 0 aliphatic carbocycles. The van der Waals surface area contributed by atoms with Gasteiger partial charge in [-0.15, -0.1) is 0 Å². The van der Waals surface area contributed by atoms with E-state index in [1.807, 2.05) is 41.8 Å². The van der Waals surface area contributed by atoms with Crippen LogP contribution >= 0.6 is 0 Å². The maximum atomic E-state index is 12.7. The Morgan fingerprint density at radius 1 is 1.36 bits per heavy atom. The van der Waals surface area contributed by atoms with Crippen molar-refractivity contribution in [3.63, 3.8) is 0 Å². The number of hydrogen-bond acceptors (Lipinski definition) is 5. The molecule has 1 atom stereocenters. The predicted molar refractivity (Wildman–Crippen MR) is 106 cm³/mol. The first kappa shape index (κ1) is 16.9. The molecule has 7 nitrogen and oxygen atoms in total. The van der Waals surface area contributed by atoms with E-state index >= 15 is 0 Å². The van der Waals surface area contributed by atoms with Gasteiger partial charge < -0.3 is 18.9 Å².